The Balaban J connectivity index is 1.62. The van der Waals surface area contributed by atoms with Crippen molar-refractivity contribution in [3.63, 3.8) is 0 Å². The number of alkyl halides is 3. The van der Waals surface area contributed by atoms with Crippen molar-refractivity contribution in [3.05, 3.63) is 78.9 Å². The molecule has 0 bridgehead atoms. The minimum Gasteiger partial charge on any atom is -0.493 e. The highest BCUT2D eigenvalue weighted by molar-refractivity contribution is 7.73. The van der Waals surface area contributed by atoms with Crippen LogP contribution in [0.3, 0.4) is 0 Å². The molecule has 0 saturated carbocycles. The van der Waals surface area contributed by atoms with Crippen molar-refractivity contribution in [2.45, 2.75) is 12.7 Å². The van der Waals surface area contributed by atoms with E-state index in [4.69, 9.17) is 12.2 Å². The van der Waals surface area contributed by atoms with Crippen molar-refractivity contribution in [1.82, 2.24) is 4.57 Å². The molecule has 0 spiro atoms. The highest BCUT2D eigenvalue weighted by atomic mass is 32.1. The van der Waals surface area contributed by atoms with Crippen molar-refractivity contribution in [1.29, 1.82) is 0 Å². The van der Waals surface area contributed by atoms with Gasteiger partial charge < -0.3 is 5.11 Å². The van der Waals surface area contributed by atoms with Crippen LogP contribution < -0.4 is 10.4 Å². The second-order valence-corrected chi connectivity index (χ2v) is 7.98. The topological polar surface area (TPSA) is 74.6 Å². The SMILES string of the molecule is Oc1c(C=c2ccc(=C3N=NN=N3)cc2)sc(=S)n1Cc1ccc(C(F)(F)F)cc1. The lowest BCUT2D eigenvalue weighted by Gasteiger charge is -2.09. The first-order valence-electron chi connectivity index (χ1n) is 8.54. The zero-order chi connectivity index (χ0) is 21.3. The maximum atomic E-state index is 12.7. The maximum absolute atomic E-state index is 12.7. The summed E-state index contributed by atoms with van der Waals surface area (Å²) in [5.74, 6) is 0.379. The molecule has 0 radical (unpaired) electrons. The molecule has 0 aliphatic carbocycles. The van der Waals surface area contributed by atoms with Crippen molar-refractivity contribution in [2.24, 2.45) is 20.7 Å². The molecule has 3 aromatic rings. The number of hydrogen-bond donors (Lipinski definition) is 1. The van der Waals surface area contributed by atoms with Gasteiger partial charge in [-0.1, -0.05) is 36.4 Å². The number of halogens is 3. The first-order valence-corrected chi connectivity index (χ1v) is 9.76. The van der Waals surface area contributed by atoms with Gasteiger partial charge in [0.05, 0.1) is 17.0 Å². The summed E-state index contributed by atoms with van der Waals surface area (Å²) in [6, 6.07) is 12.0. The third kappa shape index (κ3) is 4.21. The number of hydrogen-bond acceptors (Lipinski definition) is 7. The van der Waals surface area contributed by atoms with Gasteiger partial charge in [0.25, 0.3) is 0 Å². The van der Waals surface area contributed by atoms with Crippen molar-refractivity contribution in [3.8, 4) is 5.88 Å². The van der Waals surface area contributed by atoms with E-state index in [-0.39, 0.29) is 12.4 Å². The van der Waals surface area contributed by atoms with Gasteiger partial charge in [-0.05, 0) is 51.7 Å². The van der Waals surface area contributed by atoms with Gasteiger partial charge in [0, 0.05) is 5.22 Å². The van der Waals surface area contributed by atoms with E-state index in [2.05, 4.69) is 20.7 Å². The first kappa shape index (κ1) is 20.1. The molecule has 0 atom stereocenters. The van der Waals surface area contributed by atoms with Gasteiger partial charge in [-0.3, -0.25) is 4.57 Å². The van der Waals surface area contributed by atoms with Crippen molar-refractivity contribution >= 4 is 35.5 Å². The summed E-state index contributed by atoms with van der Waals surface area (Å²) >= 11 is 6.54. The van der Waals surface area contributed by atoms with Crippen LogP contribution in [0, 0.1) is 3.95 Å². The van der Waals surface area contributed by atoms with Crippen LogP contribution in [0.15, 0.2) is 69.2 Å². The van der Waals surface area contributed by atoms with Gasteiger partial charge in [-0.15, -0.1) is 21.6 Å². The van der Waals surface area contributed by atoms with E-state index >= 15 is 0 Å². The fourth-order valence-corrected chi connectivity index (χ4v) is 4.04. The molecule has 0 saturated heterocycles. The average Bonchev–Trinajstić information content (AvgIpc) is 3.33. The van der Waals surface area contributed by atoms with E-state index in [9.17, 15) is 18.3 Å². The number of thiazole rings is 1. The number of nitrogens with zero attached hydrogens (tertiary/aromatic N) is 5. The molecule has 1 aliphatic rings. The Bertz CT molecular complexity index is 1300. The molecule has 11 heteroatoms. The highest BCUT2D eigenvalue weighted by Gasteiger charge is 2.29. The van der Waals surface area contributed by atoms with Gasteiger partial charge in [-0.25, -0.2) is 0 Å². The zero-order valence-electron chi connectivity index (χ0n) is 15.0. The zero-order valence-corrected chi connectivity index (χ0v) is 16.7. The van der Waals surface area contributed by atoms with Crippen molar-refractivity contribution < 1.29 is 18.3 Å². The van der Waals surface area contributed by atoms with Crippen LogP contribution in [0.5, 0.6) is 5.88 Å². The molecule has 2 heterocycles. The van der Waals surface area contributed by atoms with Gasteiger partial charge >= 0.3 is 6.18 Å². The van der Waals surface area contributed by atoms with Crippen LogP contribution in [-0.2, 0) is 12.7 Å². The highest BCUT2D eigenvalue weighted by Crippen LogP contribution is 2.30. The molecule has 1 aliphatic heterocycles. The Kier molecular flexibility index (Phi) is 5.31. The molecule has 0 fully saturated rings. The molecule has 0 unspecified atom stereocenters. The van der Waals surface area contributed by atoms with Gasteiger partial charge in [0.2, 0.25) is 11.7 Å². The summed E-state index contributed by atoms with van der Waals surface area (Å²) in [4.78, 5) is 0.549. The van der Waals surface area contributed by atoms with Gasteiger partial charge in [-0.2, -0.15) is 13.2 Å². The minimum absolute atomic E-state index is 0.0401. The van der Waals surface area contributed by atoms with Crippen LogP contribution >= 0.6 is 23.6 Å². The molecule has 6 nitrogen and oxygen atoms in total. The summed E-state index contributed by atoms with van der Waals surface area (Å²) in [5, 5.41) is 26.6. The molecule has 30 heavy (non-hydrogen) atoms. The fourth-order valence-electron chi connectivity index (χ4n) is 2.77. The van der Waals surface area contributed by atoms with E-state index in [1.165, 1.54) is 28.0 Å². The number of benzene rings is 2. The van der Waals surface area contributed by atoms with Crippen LogP contribution in [0.2, 0.25) is 0 Å². The standard InChI is InChI=1S/C19H12F3N5OS2/c20-19(21,22)14-7-3-12(4-8-14)10-27-17(28)15(30-18(27)29)9-11-1-5-13(6-2-11)16-23-25-26-24-16/h1-9,28H,10H2. The fraction of sp³-hybridized carbons (Fsp3) is 0.105. The van der Waals surface area contributed by atoms with Gasteiger partial charge in [0.1, 0.15) is 0 Å². The Morgan fingerprint density at radius 1 is 1.00 bits per heavy atom. The van der Waals surface area contributed by atoms with Crippen LogP contribution in [0.25, 0.3) is 11.9 Å². The summed E-state index contributed by atoms with van der Waals surface area (Å²) in [7, 11) is 0. The quantitative estimate of drug-likeness (QED) is 0.587. The van der Waals surface area contributed by atoms with E-state index in [0.29, 0.717) is 20.2 Å². The minimum atomic E-state index is -4.39. The molecular formula is C19H12F3N5OS2. The lowest BCUT2D eigenvalue weighted by Crippen LogP contribution is -2.08. The largest absolute Gasteiger partial charge is 0.493 e. The molecular weight excluding hydrogens is 435 g/mol. The Morgan fingerprint density at radius 2 is 1.63 bits per heavy atom. The number of aromatic nitrogens is 1. The monoisotopic (exact) mass is 447 g/mol. The first-order chi connectivity index (χ1) is 14.3. The average molecular weight is 447 g/mol. The second kappa shape index (κ2) is 7.92. The van der Waals surface area contributed by atoms with Crippen LogP contribution in [0.1, 0.15) is 16.0 Å². The predicted molar refractivity (Wildman–Crippen MR) is 108 cm³/mol. The summed E-state index contributed by atoms with van der Waals surface area (Å²) in [6.07, 6.45) is -2.62. The Labute approximate surface area is 176 Å². The normalized spacial score (nSPS) is 13.2. The molecule has 1 N–H and O–H groups in total. The molecule has 1 aromatic heterocycles. The lowest BCUT2D eigenvalue weighted by atomic mass is 10.1. The Hall–Kier alpha value is -3.18. The predicted octanol–water partition coefficient (Wildman–Crippen LogP) is 4.78. The summed E-state index contributed by atoms with van der Waals surface area (Å²) < 4.78 is 40.0. The molecule has 152 valence electrons. The number of rotatable bonds is 3. The third-order valence-corrected chi connectivity index (χ3v) is 5.69. The van der Waals surface area contributed by atoms with Crippen molar-refractivity contribution in [2.75, 3.05) is 0 Å². The summed E-state index contributed by atoms with van der Waals surface area (Å²) in [6.45, 7) is 0.167. The van der Waals surface area contributed by atoms with Gasteiger partial charge in [0.15, 0.2) is 3.95 Å². The van der Waals surface area contributed by atoms with E-state index < -0.39 is 11.7 Å². The molecule has 0 amide bonds. The molecule has 2 aromatic carbocycles. The number of aromatic hydroxyl groups is 1. The summed E-state index contributed by atoms with van der Waals surface area (Å²) in [5.41, 5.74) is -0.124. The van der Waals surface area contributed by atoms with E-state index in [1.54, 1.807) is 18.2 Å². The van der Waals surface area contributed by atoms with Crippen LogP contribution in [-0.4, -0.2) is 9.67 Å². The van der Waals surface area contributed by atoms with Crippen LogP contribution in [0.4, 0.5) is 13.2 Å². The smallest absolute Gasteiger partial charge is 0.416 e. The Morgan fingerprint density at radius 3 is 2.23 bits per heavy atom. The third-order valence-electron chi connectivity index (χ3n) is 4.30. The van der Waals surface area contributed by atoms with E-state index in [0.717, 1.165) is 22.6 Å². The second-order valence-electron chi connectivity index (χ2n) is 6.31. The lowest BCUT2D eigenvalue weighted by molar-refractivity contribution is -0.137. The maximum Gasteiger partial charge on any atom is 0.416 e. The molecule has 4 rings (SSSR count). The van der Waals surface area contributed by atoms with E-state index in [1.807, 2.05) is 12.1 Å².